The minimum Gasteiger partial charge on any atom is -0.462 e. The van der Waals surface area contributed by atoms with Crippen LogP contribution in [0.1, 0.15) is 265 Å². The number of ether oxygens (including phenoxy) is 3. The van der Waals surface area contributed by atoms with E-state index < -0.39 is 6.10 Å². The van der Waals surface area contributed by atoms with Gasteiger partial charge in [0.05, 0.1) is 0 Å². The molecule has 0 aromatic heterocycles. The van der Waals surface area contributed by atoms with Crippen molar-refractivity contribution in [1.82, 2.24) is 0 Å². The topological polar surface area (TPSA) is 78.9 Å². The molecule has 0 aliphatic rings. The van der Waals surface area contributed by atoms with Crippen LogP contribution in [-0.4, -0.2) is 37.2 Å². The Kier molecular flexibility index (Phi) is 55.4. The van der Waals surface area contributed by atoms with Crippen LogP contribution in [0.25, 0.3) is 0 Å². The number of rotatable bonds is 52. The standard InChI is InChI=1S/C65H108O6/c1-4-7-10-13-16-19-22-25-28-30-31-32-33-35-37-40-43-46-49-52-55-58-64(67)70-61-62(60-69-63(66)57-54-51-48-45-42-39-36-27-24-21-18-15-12-9-6-3)71-65(68)59-56-53-50-47-44-41-38-34-29-26-23-20-17-14-11-8-5-2/h8-9,11-12,17-18,20-22,25-27,29-31,36,42,45,62H,4-7,10,13-16,19,23-24,28,32-35,37-41,43-44,46-61H2,1-3H3/b11-8-,12-9-,20-17-,21-18-,25-22-,29-26-,31-30-,36-27-,45-42-. The SMILES string of the molecule is CC/C=C\C/C=C\C/C=C\C/C=C\CCCCC(=O)OCC(COC(=O)CCCCCCCCCCC/C=C\C/C=C\CCCCCCC)OC(=O)CCCCCCCCC/C=C\C/C=C\C/C=C\CC. The highest BCUT2D eigenvalue weighted by Gasteiger charge is 2.19. The largest absolute Gasteiger partial charge is 0.462 e. The van der Waals surface area contributed by atoms with Gasteiger partial charge in [-0.1, -0.05) is 233 Å². The normalized spacial score (nSPS) is 12.9. The van der Waals surface area contributed by atoms with Crippen molar-refractivity contribution < 1.29 is 28.6 Å². The molecule has 0 aliphatic heterocycles. The molecule has 0 heterocycles. The van der Waals surface area contributed by atoms with E-state index >= 15 is 0 Å². The van der Waals surface area contributed by atoms with E-state index in [2.05, 4.69) is 130 Å². The highest BCUT2D eigenvalue weighted by atomic mass is 16.6. The lowest BCUT2D eigenvalue weighted by Gasteiger charge is -2.18. The Balaban J connectivity index is 4.44. The molecule has 0 aliphatic carbocycles. The van der Waals surface area contributed by atoms with Crippen molar-refractivity contribution in [3.05, 3.63) is 109 Å². The number of hydrogen-bond donors (Lipinski definition) is 0. The van der Waals surface area contributed by atoms with Crippen molar-refractivity contribution >= 4 is 17.9 Å². The van der Waals surface area contributed by atoms with Crippen LogP contribution in [0.5, 0.6) is 0 Å². The van der Waals surface area contributed by atoms with Crippen LogP contribution in [0.15, 0.2) is 109 Å². The van der Waals surface area contributed by atoms with Crippen LogP contribution in [0.3, 0.4) is 0 Å². The first kappa shape index (κ1) is 67.1. The maximum atomic E-state index is 12.9. The monoisotopic (exact) mass is 985 g/mol. The van der Waals surface area contributed by atoms with Crippen molar-refractivity contribution in [2.45, 2.75) is 271 Å². The molecule has 0 aromatic rings. The lowest BCUT2D eigenvalue weighted by Crippen LogP contribution is -2.30. The van der Waals surface area contributed by atoms with E-state index in [4.69, 9.17) is 14.2 Å². The Morgan fingerprint density at radius 3 is 0.887 bits per heavy atom. The number of carbonyl (C=O) groups is 3. The van der Waals surface area contributed by atoms with Crippen molar-refractivity contribution in [2.24, 2.45) is 0 Å². The second-order valence-corrected chi connectivity index (χ2v) is 19.1. The molecule has 404 valence electrons. The van der Waals surface area contributed by atoms with Crippen molar-refractivity contribution in [2.75, 3.05) is 13.2 Å². The molecule has 1 unspecified atom stereocenters. The van der Waals surface area contributed by atoms with Crippen LogP contribution in [0, 0.1) is 0 Å². The fraction of sp³-hybridized carbons (Fsp3) is 0.677. The summed E-state index contributed by atoms with van der Waals surface area (Å²) in [6.45, 7) is 6.36. The first-order valence-corrected chi connectivity index (χ1v) is 29.4. The maximum Gasteiger partial charge on any atom is 0.306 e. The highest BCUT2D eigenvalue weighted by Crippen LogP contribution is 2.15. The molecule has 0 aromatic carbocycles. The van der Waals surface area contributed by atoms with Gasteiger partial charge < -0.3 is 14.2 Å². The number of esters is 3. The summed E-state index contributed by atoms with van der Waals surface area (Å²) >= 11 is 0. The number of carbonyl (C=O) groups excluding carboxylic acids is 3. The zero-order valence-electron chi connectivity index (χ0n) is 46.2. The van der Waals surface area contributed by atoms with Gasteiger partial charge in [-0.25, -0.2) is 0 Å². The average molecular weight is 986 g/mol. The zero-order chi connectivity index (χ0) is 51.4. The first-order valence-electron chi connectivity index (χ1n) is 29.4. The molecule has 6 nitrogen and oxygen atoms in total. The van der Waals surface area contributed by atoms with Gasteiger partial charge >= 0.3 is 17.9 Å². The summed E-state index contributed by atoms with van der Waals surface area (Å²) in [6, 6.07) is 0. The molecule has 0 rings (SSSR count). The van der Waals surface area contributed by atoms with Crippen LogP contribution in [0.2, 0.25) is 0 Å². The molecule has 0 amide bonds. The summed E-state index contributed by atoms with van der Waals surface area (Å²) in [5, 5.41) is 0. The predicted octanol–water partition coefficient (Wildman–Crippen LogP) is 19.9. The molecule has 0 saturated heterocycles. The molecular weight excluding hydrogens is 877 g/mol. The molecule has 71 heavy (non-hydrogen) atoms. The Hall–Kier alpha value is -3.93. The number of allylic oxidation sites excluding steroid dienone is 18. The third-order valence-corrected chi connectivity index (χ3v) is 12.2. The quantitative estimate of drug-likeness (QED) is 0.0261. The molecule has 0 N–H and O–H groups in total. The van der Waals surface area contributed by atoms with Gasteiger partial charge in [0.1, 0.15) is 13.2 Å². The first-order chi connectivity index (χ1) is 35.0. The fourth-order valence-electron chi connectivity index (χ4n) is 7.89. The highest BCUT2D eigenvalue weighted by molar-refractivity contribution is 5.71. The summed E-state index contributed by atoms with van der Waals surface area (Å²) < 4.78 is 16.8. The van der Waals surface area contributed by atoms with Crippen molar-refractivity contribution in [3.63, 3.8) is 0 Å². The fourth-order valence-corrected chi connectivity index (χ4v) is 7.89. The van der Waals surface area contributed by atoms with Crippen molar-refractivity contribution in [3.8, 4) is 0 Å². The third kappa shape index (κ3) is 56.9. The Morgan fingerprint density at radius 1 is 0.296 bits per heavy atom. The third-order valence-electron chi connectivity index (χ3n) is 12.2. The minimum absolute atomic E-state index is 0.0989. The summed E-state index contributed by atoms with van der Waals surface area (Å²) in [5.74, 6) is -0.954. The van der Waals surface area contributed by atoms with Crippen molar-refractivity contribution in [1.29, 1.82) is 0 Å². The van der Waals surface area contributed by atoms with Crippen LogP contribution in [0.4, 0.5) is 0 Å². The van der Waals surface area contributed by atoms with E-state index in [-0.39, 0.29) is 31.1 Å². The van der Waals surface area contributed by atoms with Gasteiger partial charge in [-0.05, 0) is 122 Å². The zero-order valence-corrected chi connectivity index (χ0v) is 46.2. The summed E-state index contributed by atoms with van der Waals surface area (Å²) in [6.07, 6.45) is 79.4. The maximum absolute atomic E-state index is 12.9. The molecule has 0 bridgehead atoms. The molecule has 0 radical (unpaired) electrons. The Bertz CT molecular complexity index is 1460. The molecule has 0 fully saturated rings. The lowest BCUT2D eigenvalue weighted by atomic mass is 10.1. The van der Waals surface area contributed by atoms with Gasteiger partial charge in [0.25, 0.3) is 0 Å². The van der Waals surface area contributed by atoms with Gasteiger partial charge in [-0.2, -0.15) is 0 Å². The van der Waals surface area contributed by atoms with Gasteiger partial charge in [0, 0.05) is 19.3 Å². The molecule has 6 heteroatoms. The molecule has 0 spiro atoms. The molecular formula is C65H108O6. The van der Waals surface area contributed by atoms with E-state index in [1.165, 1.54) is 109 Å². The number of hydrogen-bond acceptors (Lipinski definition) is 6. The van der Waals surface area contributed by atoms with Gasteiger partial charge in [0.2, 0.25) is 0 Å². The van der Waals surface area contributed by atoms with Gasteiger partial charge in [0.15, 0.2) is 6.10 Å². The van der Waals surface area contributed by atoms with Gasteiger partial charge in [-0.3, -0.25) is 14.4 Å². The Labute approximate surface area is 438 Å². The van der Waals surface area contributed by atoms with E-state index in [1.54, 1.807) is 0 Å². The van der Waals surface area contributed by atoms with E-state index in [9.17, 15) is 14.4 Å². The van der Waals surface area contributed by atoms with Crippen LogP contribution >= 0.6 is 0 Å². The van der Waals surface area contributed by atoms with E-state index in [0.29, 0.717) is 19.3 Å². The smallest absolute Gasteiger partial charge is 0.306 e. The summed E-state index contributed by atoms with van der Waals surface area (Å²) in [7, 11) is 0. The molecule has 1 atom stereocenters. The second kappa shape index (κ2) is 58.6. The van der Waals surface area contributed by atoms with Crippen LogP contribution < -0.4 is 0 Å². The van der Waals surface area contributed by atoms with E-state index in [1.807, 2.05) is 0 Å². The number of unbranched alkanes of at least 4 members (excludes halogenated alkanes) is 23. The average Bonchev–Trinajstić information content (AvgIpc) is 3.37. The van der Waals surface area contributed by atoms with E-state index in [0.717, 1.165) is 116 Å². The molecule has 0 saturated carbocycles. The summed E-state index contributed by atoms with van der Waals surface area (Å²) in [4.78, 5) is 38.2. The van der Waals surface area contributed by atoms with Crippen LogP contribution in [-0.2, 0) is 28.6 Å². The minimum atomic E-state index is -0.805. The predicted molar refractivity (Wildman–Crippen MR) is 307 cm³/mol. The summed E-state index contributed by atoms with van der Waals surface area (Å²) in [5.41, 5.74) is 0. The van der Waals surface area contributed by atoms with Gasteiger partial charge in [-0.15, -0.1) is 0 Å². The second-order valence-electron chi connectivity index (χ2n) is 19.1. The lowest BCUT2D eigenvalue weighted by molar-refractivity contribution is -0.167. The Morgan fingerprint density at radius 2 is 0.549 bits per heavy atom.